The van der Waals surface area contributed by atoms with Gasteiger partial charge in [0, 0.05) is 6.20 Å². The summed E-state index contributed by atoms with van der Waals surface area (Å²) in [5.74, 6) is -0.849. The van der Waals surface area contributed by atoms with E-state index in [0.29, 0.717) is 5.57 Å². The van der Waals surface area contributed by atoms with Crippen molar-refractivity contribution < 1.29 is 19.1 Å². The molecule has 0 fully saturated rings. The fraction of sp³-hybridized carbons (Fsp3) is 0.333. The Morgan fingerprint density at radius 1 is 1.36 bits per heavy atom. The molecule has 0 radical (unpaired) electrons. The monoisotopic (exact) mass is 197 g/mol. The number of carbonyl (C=O) groups is 2. The van der Waals surface area contributed by atoms with E-state index < -0.39 is 18.0 Å². The Kier molecular flexibility index (Phi) is 3.28. The molecule has 0 aliphatic carbocycles. The van der Waals surface area contributed by atoms with Crippen LogP contribution in [0.25, 0.3) is 0 Å². The molecule has 1 N–H and O–H groups in total. The molecule has 1 aliphatic heterocycles. The van der Waals surface area contributed by atoms with E-state index in [2.05, 4.69) is 14.8 Å². The number of nitrogens with one attached hydrogen (secondary N) is 1. The van der Waals surface area contributed by atoms with Crippen LogP contribution in [0.5, 0.6) is 0 Å². The van der Waals surface area contributed by atoms with Crippen molar-refractivity contribution in [2.24, 2.45) is 0 Å². The third-order valence-electron chi connectivity index (χ3n) is 1.76. The largest absolute Gasteiger partial charge is 0.467 e. The molecule has 0 amide bonds. The molecular formula is C9H11NO4. The number of hydrogen-bond acceptors (Lipinski definition) is 5. The van der Waals surface area contributed by atoms with Gasteiger partial charge in [0.05, 0.1) is 19.8 Å². The highest BCUT2D eigenvalue weighted by Crippen LogP contribution is 2.06. The van der Waals surface area contributed by atoms with Crippen LogP contribution in [0.3, 0.4) is 0 Å². The Hall–Kier alpha value is -1.78. The summed E-state index contributed by atoms with van der Waals surface area (Å²) >= 11 is 0. The lowest BCUT2D eigenvalue weighted by Crippen LogP contribution is -2.34. The topological polar surface area (TPSA) is 64.6 Å². The van der Waals surface area contributed by atoms with Crippen molar-refractivity contribution in [2.75, 3.05) is 14.2 Å². The smallest absolute Gasteiger partial charge is 0.339 e. The quantitative estimate of drug-likeness (QED) is 0.618. The zero-order chi connectivity index (χ0) is 10.6. The van der Waals surface area contributed by atoms with E-state index in [-0.39, 0.29) is 0 Å². The van der Waals surface area contributed by atoms with Gasteiger partial charge in [0.2, 0.25) is 0 Å². The van der Waals surface area contributed by atoms with Gasteiger partial charge in [-0.3, -0.25) is 0 Å². The Bertz CT molecular complexity index is 306. The lowest BCUT2D eigenvalue weighted by atomic mass is 10.1. The van der Waals surface area contributed by atoms with Crippen LogP contribution in [0.2, 0.25) is 0 Å². The van der Waals surface area contributed by atoms with Gasteiger partial charge in [-0.15, -0.1) is 0 Å². The molecule has 0 aromatic heterocycles. The van der Waals surface area contributed by atoms with E-state index in [9.17, 15) is 9.59 Å². The van der Waals surface area contributed by atoms with Crippen LogP contribution in [-0.4, -0.2) is 32.2 Å². The van der Waals surface area contributed by atoms with E-state index >= 15 is 0 Å². The van der Waals surface area contributed by atoms with Gasteiger partial charge in [-0.2, -0.15) is 0 Å². The van der Waals surface area contributed by atoms with E-state index in [4.69, 9.17) is 0 Å². The average molecular weight is 197 g/mol. The highest BCUT2D eigenvalue weighted by molar-refractivity contribution is 5.92. The van der Waals surface area contributed by atoms with Crippen LogP contribution in [-0.2, 0) is 19.1 Å². The van der Waals surface area contributed by atoms with Crippen LogP contribution < -0.4 is 5.32 Å². The minimum absolute atomic E-state index is 0.368. The Labute approximate surface area is 81.4 Å². The molecule has 1 rings (SSSR count). The molecular weight excluding hydrogens is 186 g/mol. The SMILES string of the molecule is COC(=O)C1=CNC(C(=O)OC)C=C1. The number of rotatable bonds is 2. The average Bonchev–Trinajstić information content (AvgIpc) is 2.27. The highest BCUT2D eigenvalue weighted by atomic mass is 16.5. The fourth-order valence-corrected chi connectivity index (χ4v) is 1.00. The maximum Gasteiger partial charge on any atom is 0.339 e. The van der Waals surface area contributed by atoms with Crippen molar-refractivity contribution in [3.05, 3.63) is 23.9 Å². The van der Waals surface area contributed by atoms with Gasteiger partial charge in [-0.05, 0) is 6.08 Å². The molecule has 0 aromatic carbocycles. The normalized spacial score (nSPS) is 19.3. The minimum atomic E-state index is -0.534. The van der Waals surface area contributed by atoms with Crippen molar-refractivity contribution in [3.8, 4) is 0 Å². The first-order chi connectivity index (χ1) is 6.69. The molecule has 1 unspecified atom stereocenters. The molecule has 1 atom stereocenters. The maximum absolute atomic E-state index is 11.0. The van der Waals surface area contributed by atoms with Crippen molar-refractivity contribution in [3.63, 3.8) is 0 Å². The zero-order valence-electron chi connectivity index (χ0n) is 7.94. The second kappa shape index (κ2) is 4.45. The molecule has 14 heavy (non-hydrogen) atoms. The Balaban J connectivity index is 2.62. The number of esters is 2. The predicted molar refractivity (Wildman–Crippen MR) is 48.2 cm³/mol. The maximum atomic E-state index is 11.0. The Morgan fingerprint density at radius 3 is 2.50 bits per heavy atom. The fourth-order valence-electron chi connectivity index (χ4n) is 1.00. The molecule has 0 bridgehead atoms. The van der Waals surface area contributed by atoms with E-state index in [1.54, 1.807) is 0 Å². The van der Waals surface area contributed by atoms with Gasteiger partial charge in [0.25, 0.3) is 0 Å². The molecule has 0 saturated heterocycles. The molecule has 1 aliphatic rings. The Morgan fingerprint density at radius 2 is 2.07 bits per heavy atom. The molecule has 1 heterocycles. The first kappa shape index (κ1) is 10.3. The number of methoxy groups -OCH3 is 2. The summed E-state index contributed by atoms with van der Waals surface area (Å²) < 4.78 is 9.01. The predicted octanol–water partition coefficient (Wildman–Crippen LogP) is -0.256. The third-order valence-corrected chi connectivity index (χ3v) is 1.76. The second-order valence-electron chi connectivity index (χ2n) is 2.62. The van der Waals surface area contributed by atoms with Gasteiger partial charge in [0.15, 0.2) is 0 Å². The molecule has 0 saturated carbocycles. The third kappa shape index (κ3) is 2.12. The van der Waals surface area contributed by atoms with E-state index in [1.807, 2.05) is 0 Å². The molecule has 0 aromatic rings. The van der Waals surface area contributed by atoms with Crippen LogP contribution >= 0.6 is 0 Å². The van der Waals surface area contributed by atoms with E-state index in [1.165, 1.54) is 32.6 Å². The summed E-state index contributed by atoms with van der Waals surface area (Å²) in [5.41, 5.74) is 0.368. The lowest BCUT2D eigenvalue weighted by molar-refractivity contribution is -0.141. The van der Waals surface area contributed by atoms with Crippen molar-refractivity contribution in [2.45, 2.75) is 6.04 Å². The number of carbonyl (C=O) groups excluding carboxylic acids is 2. The summed E-state index contributed by atoms with van der Waals surface area (Å²) in [7, 11) is 2.60. The van der Waals surface area contributed by atoms with Gasteiger partial charge in [-0.1, -0.05) is 6.08 Å². The van der Waals surface area contributed by atoms with Crippen LogP contribution in [0, 0.1) is 0 Å². The van der Waals surface area contributed by atoms with Gasteiger partial charge in [0.1, 0.15) is 6.04 Å². The summed E-state index contributed by atoms with van der Waals surface area (Å²) in [4.78, 5) is 22.0. The highest BCUT2D eigenvalue weighted by Gasteiger charge is 2.19. The van der Waals surface area contributed by atoms with Crippen molar-refractivity contribution in [1.82, 2.24) is 5.32 Å². The minimum Gasteiger partial charge on any atom is -0.467 e. The van der Waals surface area contributed by atoms with E-state index in [0.717, 1.165) is 0 Å². The number of dihydropyridines is 1. The van der Waals surface area contributed by atoms with Gasteiger partial charge >= 0.3 is 11.9 Å². The number of hydrogen-bond donors (Lipinski definition) is 1. The summed E-state index contributed by atoms with van der Waals surface area (Å²) in [5, 5.41) is 2.71. The molecule has 0 spiro atoms. The summed E-state index contributed by atoms with van der Waals surface area (Å²) in [6, 6.07) is -0.534. The van der Waals surface area contributed by atoms with Gasteiger partial charge in [-0.25, -0.2) is 9.59 Å². The summed E-state index contributed by atoms with van der Waals surface area (Å²) in [6.07, 6.45) is 4.48. The van der Waals surface area contributed by atoms with Crippen LogP contribution in [0.4, 0.5) is 0 Å². The molecule has 5 heteroatoms. The first-order valence-corrected chi connectivity index (χ1v) is 3.99. The molecule has 76 valence electrons. The lowest BCUT2D eigenvalue weighted by Gasteiger charge is -2.15. The zero-order valence-corrected chi connectivity index (χ0v) is 7.94. The first-order valence-electron chi connectivity index (χ1n) is 3.99. The number of ether oxygens (including phenoxy) is 2. The second-order valence-corrected chi connectivity index (χ2v) is 2.62. The van der Waals surface area contributed by atoms with Crippen molar-refractivity contribution in [1.29, 1.82) is 0 Å². The van der Waals surface area contributed by atoms with Crippen LogP contribution in [0.15, 0.2) is 23.9 Å². The standard InChI is InChI=1S/C9H11NO4/c1-13-8(11)6-3-4-7(10-5-6)9(12)14-2/h3-5,7,10H,1-2H3. The summed E-state index contributed by atoms with van der Waals surface area (Å²) in [6.45, 7) is 0. The van der Waals surface area contributed by atoms with Gasteiger partial charge < -0.3 is 14.8 Å². The van der Waals surface area contributed by atoms with Crippen molar-refractivity contribution >= 4 is 11.9 Å². The van der Waals surface area contributed by atoms with Crippen LogP contribution in [0.1, 0.15) is 0 Å². The molecule has 5 nitrogen and oxygen atoms in total.